The smallest absolute Gasteiger partial charge is 0.410 e. The van der Waals surface area contributed by atoms with E-state index in [4.69, 9.17) is 4.74 Å². The molecule has 2 fully saturated rings. The standard InChI is InChI=1S/C17H23NO2/c1-17(2,3)20-16(19)18-11-13-9-14(18)10-15(13)12-7-5-4-6-8-12/h4-8,13-15H,9-11H2,1-3H3/t13-,14+,15-/m1/s1. The van der Waals surface area contributed by atoms with Crippen LogP contribution in [0.1, 0.15) is 45.1 Å². The molecule has 1 aliphatic heterocycles. The van der Waals surface area contributed by atoms with Crippen LogP contribution in [-0.4, -0.2) is 29.2 Å². The first-order valence-electron chi connectivity index (χ1n) is 7.48. The van der Waals surface area contributed by atoms with E-state index in [0.29, 0.717) is 17.9 Å². The van der Waals surface area contributed by atoms with Gasteiger partial charge in [0.15, 0.2) is 0 Å². The van der Waals surface area contributed by atoms with Gasteiger partial charge in [-0.25, -0.2) is 4.79 Å². The van der Waals surface area contributed by atoms with Gasteiger partial charge in [-0.15, -0.1) is 0 Å². The van der Waals surface area contributed by atoms with Gasteiger partial charge in [-0.2, -0.15) is 0 Å². The highest BCUT2D eigenvalue weighted by Gasteiger charge is 2.47. The maximum absolute atomic E-state index is 12.2. The van der Waals surface area contributed by atoms with Crippen LogP contribution < -0.4 is 0 Å². The predicted molar refractivity (Wildman–Crippen MR) is 78.6 cm³/mol. The zero-order chi connectivity index (χ0) is 14.3. The fourth-order valence-electron chi connectivity index (χ4n) is 3.61. The predicted octanol–water partition coefficient (Wildman–Crippen LogP) is 3.80. The third-order valence-corrected chi connectivity index (χ3v) is 4.40. The first-order valence-corrected chi connectivity index (χ1v) is 7.48. The van der Waals surface area contributed by atoms with E-state index in [1.165, 1.54) is 5.56 Å². The molecule has 1 saturated carbocycles. The summed E-state index contributed by atoms with van der Waals surface area (Å²) in [4.78, 5) is 14.1. The Labute approximate surface area is 120 Å². The minimum absolute atomic E-state index is 0.142. The molecule has 0 N–H and O–H groups in total. The molecule has 108 valence electrons. The fourth-order valence-corrected chi connectivity index (χ4v) is 3.61. The van der Waals surface area contributed by atoms with Gasteiger partial charge < -0.3 is 9.64 Å². The van der Waals surface area contributed by atoms with Gasteiger partial charge in [0.05, 0.1) is 0 Å². The van der Waals surface area contributed by atoms with Crippen molar-refractivity contribution in [2.75, 3.05) is 6.54 Å². The summed E-state index contributed by atoms with van der Waals surface area (Å²) in [5.74, 6) is 1.20. The maximum Gasteiger partial charge on any atom is 0.410 e. The number of likely N-dealkylation sites (tertiary alicyclic amines) is 1. The summed E-state index contributed by atoms with van der Waals surface area (Å²) < 4.78 is 5.50. The van der Waals surface area contributed by atoms with Crippen molar-refractivity contribution < 1.29 is 9.53 Å². The lowest BCUT2D eigenvalue weighted by Crippen LogP contribution is -2.42. The second kappa shape index (κ2) is 4.80. The van der Waals surface area contributed by atoms with Crippen LogP contribution in [0.2, 0.25) is 0 Å². The van der Waals surface area contributed by atoms with Gasteiger partial charge in [-0.1, -0.05) is 30.3 Å². The van der Waals surface area contributed by atoms with Crippen LogP contribution in [0, 0.1) is 5.92 Å². The SMILES string of the molecule is CC(C)(C)OC(=O)N1C[C@H]2C[C@H]1C[C@@H]2c1ccccc1. The lowest BCUT2D eigenvalue weighted by atomic mass is 9.88. The molecule has 3 heteroatoms. The molecular weight excluding hydrogens is 250 g/mol. The highest BCUT2D eigenvalue weighted by molar-refractivity contribution is 5.69. The fraction of sp³-hybridized carbons (Fsp3) is 0.588. The molecule has 2 aliphatic rings. The highest BCUT2D eigenvalue weighted by atomic mass is 16.6. The Balaban J connectivity index is 1.66. The summed E-state index contributed by atoms with van der Waals surface area (Å²) in [7, 11) is 0. The number of hydrogen-bond acceptors (Lipinski definition) is 2. The molecule has 1 saturated heterocycles. The first kappa shape index (κ1) is 13.5. The van der Waals surface area contributed by atoms with Crippen molar-refractivity contribution >= 4 is 6.09 Å². The van der Waals surface area contributed by atoms with Crippen molar-refractivity contribution in [3.05, 3.63) is 35.9 Å². The molecule has 3 nitrogen and oxygen atoms in total. The summed E-state index contributed by atoms with van der Waals surface area (Å²) in [6.07, 6.45) is 2.06. The van der Waals surface area contributed by atoms with E-state index >= 15 is 0 Å². The Morgan fingerprint density at radius 3 is 2.45 bits per heavy atom. The number of piperidine rings is 1. The van der Waals surface area contributed by atoms with Crippen LogP contribution >= 0.6 is 0 Å². The third-order valence-electron chi connectivity index (χ3n) is 4.40. The van der Waals surface area contributed by atoms with Gasteiger partial charge in [-0.3, -0.25) is 0 Å². The molecule has 1 heterocycles. The van der Waals surface area contributed by atoms with Crippen molar-refractivity contribution in [2.24, 2.45) is 5.92 Å². The van der Waals surface area contributed by atoms with Crippen molar-refractivity contribution in [1.29, 1.82) is 0 Å². The van der Waals surface area contributed by atoms with E-state index in [9.17, 15) is 4.79 Å². The summed E-state index contributed by atoms with van der Waals surface area (Å²) in [6, 6.07) is 11.1. The van der Waals surface area contributed by atoms with Gasteiger partial charge in [0.25, 0.3) is 0 Å². The lowest BCUT2D eigenvalue weighted by Gasteiger charge is -2.33. The highest BCUT2D eigenvalue weighted by Crippen LogP contribution is 2.47. The molecule has 3 atom stereocenters. The number of nitrogens with zero attached hydrogens (tertiary/aromatic N) is 1. The second-order valence-corrected chi connectivity index (χ2v) is 7.04. The van der Waals surface area contributed by atoms with Gasteiger partial charge in [-0.05, 0) is 51.0 Å². The Morgan fingerprint density at radius 1 is 1.20 bits per heavy atom. The van der Waals surface area contributed by atoms with E-state index in [1.54, 1.807) is 0 Å². The number of benzene rings is 1. The van der Waals surface area contributed by atoms with Crippen LogP contribution in [0.25, 0.3) is 0 Å². The number of fused-ring (bicyclic) bond motifs is 2. The largest absolute Gasteiger partial charge is 0.444 e. The number of carbonyl (C=O) groups excluding carboxylic acids is 1. The summed E-state index contributed by atoms with van der Waals surface area (Å²) in [5, 5.41) is 0. The van der Waals surface area contributed by atoms with Crippen molar-refractivity contribution in [3.63, 3.8) is 0 Å². The molecule has 1 aromatic carbocycles. The normalized spacial score (nSPS) is 28.8. The third kappa shape index (κ3) is 2.54. The van der Waals surface area contributed by atoms with E-state index in [0.717, 1.165) is 19.4 Å². The maximum atomic E-state index is 12.2. The molecule has 20 heavy (non-hydrogen) atoms. The molecule has 0 radical (unpaired) electrons. The minimum atomic E-state index is -0.405. The average Bonchev–Trinajstić information content (AvgIpc) is 2.97. The molecule has 0 unspecified atom stereocenters. The first-order chi connectivity index (χ1) is 9.44. The Hall–Kier alpha value is -1.51. The van der Waals surface area contributed by atoms with Crippen LogP contribution in [0.4, 0.5) is 4.79 Å². The summed E-state index contributed by atoms with van der Waals surface area (Å²) >= 11 is 0. The van der Waals surface area contributed by atoms with Gasteiger partial charge in [0, 0.05) is 12.6 Å². The van der Waals surface area contributed by atoms with Crippen LogP contribution in [0.5, 0.6) is 0 Å². The molecule has 1 aliphatic carbocycles. The zero-order valence-electron chi connectivity index (χ0n) is 12.5. The summed E-state index contributed by atoms with van der Waals surface area (Å²) in [6.45, 7) is 6.61. The molecule has 1 aromatic rings. The van der Waals surface area contributed by atoms with Crippen LogP contribution in [0.15, 0.2) is 30.3 Å². The monoisotopic (exact) mass is 273 g/mol. The Bertz CT molecular complexity index is 491. The van der Waals surface area contributed by atoms with Crippen LogP contribution in [-0.2, 0) is 4.74 Å². The number of amides is 1. The quantitative estimate of drug-likeness (QED) is 0.779. The topological polar surface area (TPSA) is 29.5 Å². The number of ether oxygens (including phenoxy) is 1. The number of hydrogen-bond donors (Lipinski definition) is 0. The van der Waals surface area contributed by atoms with E-state index in [1.807, 2.05) is 25.7 Å². The molecule has 0 aromatic heterocycles. The minimum Gasteiger partial charge on any atom is -0.444 e. The molecule has 1 amide bonds. The zero-order valence-corrected chi connectivity index (χ0v) is 12.5. The van der Waals surface area contributed by atoms with Crippen molar-refractivity contribution in [3.8, 4) is 0 Å². The van der Waals surface area contributed by atoms with Crippen molar-refractivity contribution in [1.82, 2.24) is 4.90 Å². The number of rotatable bonds is 1. The van der Waals surface area contributed by atoms with Crippen molar-refractivity contribution in [2.45, 2.75) is 51.2 Å². The Kier molecular flexibility index (Phi) is 3.23. The second-order valence-electron chi connectivity index (χ2n) is 7.04. The molecular formula is C17H23NO2. The molecule has 0 spiro atoms. The van der Waals surface area contributed by atoms with E-state index in [2.05, 4.69) is 30.3 Å². The van der Waals surface area contributed by atoms with Crippen LogP contribution in [0.3, 0.4) is 0 Å². The lowest BCUT2D eigenvalue weighted by molar-refractivity contribution is 0.0181. The van der Waals surface area contributed by atoms with E-state index < -0.39 is 5.60 Å². The molecule has 2 bridgehead atoms. The Morgan fingerprint density at radius 2 is 1.90 bits per heavy atom. The van der Waals surface area contributed by atoms with Gasteiger partial charge in [0.1, 0.15) is 5.60 Å². The summed E-state index contributed by atoms with van der Waals surface area (Å²) in [5.41, 5.74) is 1.02. The molecule has 3 rings (SSSR count). The van der Waals surface area contributed by atoms with Gasteiger partial charge in [0.2, 0.25) is 0 Å². The van der Waals surface area contributed by atoms with Gasteiger partial charge >= 0.3 is 6.09 Å². The van der Waals surface area contributed by atoms with E-state index in [-0.39, 0.29) is 6.09 Å². The number of carbonyl (C=O) groups is 1. The average molecular weight is 273 g/mol.